The first-order valence-electron chi connectivity index (χ1n) is 9.48. The van der Waals surface area contributed by atoms with Crippen LogP contribution in [0.3, 0.4) is 0 Å². The molecule has 4 N–H and O–H groups in total. The van der Waals surface area contributed by atoms with Gasteiger partial charge in [-0.15, -0.1) is 0 Å². The smallest absolute Gasteiger partial charge is 0.328 e. The number of aromatic amines is 1. The molecule has 162 valence electrons. The molecule has 1 aliphatic rings. The molecule has 1 aliphatic heterocycles. The van der Waals surface area contributed by atoms with E-state index in [9.17, 15) is 24.6 Å². The number of aromatic nitrogens is 3. The Morgan fingerprint density at radius 3 is 2.90 bits per heavy atom. The first-order valence-corrected chi connectivity index (χ1v) is 9.48. The quantitative estimate of drug-likeness (QED) is 0.443. The SMILES string of the molecule is CCOc1ncccc1C(=O)N[C@@H]1CO[C@H](Cn2cc(C)c(=O)[nH]c2=O)[C@@H](O)[C@H]1O. The van der Waals surface area contributed by atoms with Crippen LogP contribution >= 0.6 is 0 Å². The fourth-order valence-corrected chi connectivity index (χ4v) is 3.18. The van der Waals surface area contributed by atoms with Gasteiger partial charge in [-0.25, -0.2) is 9.78 Å². The molecule has 0 aromatic carbocycles. The van der Waals surface area contributed by atoms with Crippen molar-refractivity contribution in [2.75, 3.05) is 13.2 Å². The molecule has 2 aromatic rings. The highest BCUT2D eigenvalue weighted by molar-refractivity contribution is 5.96. The van der Waals surface area contributed by atoms with Gasteiger partial charge >= 0.3 is 5.69 Å². The molecule has 0 spiro atoms. The lowest BCUT2D eigenvalue weighted by Crippen LogP contribution is -2.60. The molecule has 3 rings (SSSR count). The number of carbonyl (C=O) groups is 1. The Hall–Kier alpha value is -3.02. The van der Waals surface area contributed by atoms with Gasteiger partial charge < -0.3 is 25.0 Å². The van der Waals surface area contributed by atoms with Crippen LogP contribution in [0.2, 0.25) is 0 Å². The summed E-state index contributed by atoms with van der Waals surface area (Å²) in [4.78, 5) is 42.2. The standard InChI is InChI=1S/C19H24N4O7/c1-3-29-18-11(5-4-6-20-18)17(27)21-12-9-30-13(15(25)14(12)24)8-23-7-10(2)16(26)22-19(23)28/h4-7,12-15,24-25H,3,8-9H2,1-2H3,(H,21,27)(H,22,26,28)/t12-,13-,14+,15-/m1/s1. The maximum Gasteiger partial charge on any atom is 0.328 e. The number of aryl methyl sites for hydroxylation is 1. The summed E-state index contributed by atoms with van der Waals surface area (Å²) in [5.74, 6) is -0.368. The van der Waals surface area contributed by atoms with Crippen LogP contribution in [0.4, 0.5) is 0 Å². The van der Waals surface area contributed by atoms with E-state index in [-0.39, 0.29) is 24.6 Å². The Balaban J connectivity index is 1.68. The Morgan fingerprint density at radius 2 is 2.17 bits per heavy atom. The summed E-state index contributed by atoms with van der Waals surface area (Å²) in [6.07, 6.45) is -0.763. The van der Waals surface area contributed by atoms with E-state index in [0.29, 0.717) is 12.2 Å². The van der Waals surface area contributed by atoms with Gasteiger partial charge in [0.2, 0.25) is 5.88 Å². The molecule has 30 heavy (non-hydrogen) atoms. The minimum absolute atomic E-state index is 0.0769. The average molecular weight is 420 g/mol. The molecule has 0 aliphatic carbocycles. The molecule has 1 amide bonds. The van der Waals surface area contributed by atoms with Crippen LogP contribution in [0.1, 0.15) is 22.8 Å². The molecular weight excluding hydrogens is 396 g/mol. The maximum absolute atomic E-state index is 12.6. The zero-order valence-corrected chi connectivity index (χ0v) is 16.6. The lowest BCUT2D eigenvalue weighted by Gasteiger charge is -2.38. The monoisotopic (exact) mass is 420 g/mol. The van der Waals surface area contributed by atoms with Gasteiger partial charge in [0.1, 0.15) is 23.9 Å². The highest BCUT2D eigenvalue weighted by atomic mass is 16.5. The molecule has 4 atom stereocenters. The van der Waals surface area contributed by atoms with Crippen molar-refractivity contribution in [2.45, 2.75) is 44.7 Å². The van der Waals surface area contributed by atoms with E-state index in [0.717, 1.165) is 0 Å². The second kappa shape index (κ2) is 9.20. The van der Waals surface area contributed by atoms with Crippen molar-refractivity contribution in [1.29, 1.82) is 0 Å². The average Bonchev–Trinajstić information content (AvgIpc) is 2.72. The number of pyridine rings is 1. The fraction of sp³-hybridized carbons (Fsp3) is 0.474. The van der Waals surface area contributed by atoms with Gasteiger partial charge in [0.25, 0.3) is 11.5 Å². The zero-order chi connectivity index (χ0) is 21.8. The number of nitrogens with zero attached hydrogens (tertiary/aromatic N) is 2. The van der Waals surface area contributed by atoms with E-state index in [1.807, 2.05) is 0 Å². The second-order valence-electron chi connectivity index (χ2n) is 6.95. The molecular formula is C19H24N4O7. The predicted molar refractivity (Wildman–Crippen MR) is 104 cm³/mol. The Bertz CT molecular complexity index is 1020. The summed E-state index contributed by atoms with van der Waals surface area (Å²) in [7, 11) is 0. The van der Waals surface area contributed by atoms with Crippen molar-refractivity contribution in [3.05, 3.63) is 56.5 Å². The van der Waals surface area contributed by atoms with Crippen molar-refractivity contribution >= 4 is 5.91 Å². The van der Waals surface area contributed by atoms with Gasteiger partial charge in [0.05, 0.1) is 25.8 Å². The number of carbonyl (C=O) groups excluding carboxylic acids is 1. The number of ether oxygens (including phenoxy) is 2. The largest absolute Gasteiger partial charge is 0.477 e. The van der Waals surface area contributed by atoms with Crippen LogP contribution in [-0.4, -0.2) is 68.2 Å². The molecule has 2 aromatic heterocycles. The number of amides is 1. The van der Waals surface area contributed by atoms with Crippen LogP contribution in [0.5, 0.6) is 5.88 Å². The predicted octanol–water partition coefficient (Wildman–Crippen LogP) is -1.44. The molecule has 1 fully saturated rings. The number of aliphatic hydroxyl groups excluding tert-OH is 2. The number of hydrogen-bond acceptors (Lipinski definition) is 8. The normalized spacial score (nSPS) is 23.7. The molecule has 0 radical (unpaired) electrons. The summed E-state index contributed by atoms with van der Waals surface area (Å²) >= 11 is 0. The molecule has 0 bridgehead atoms. The van der Waals surface area contributed by atoms with Gasteiger partial charge in [-0.3, -0.25) is 19.1 Å². The summed E-state index contributed by atoms with van der Waals surface area (Å²) in [6, 6.07) is 2.24. The van der Waals surface area contributed by atoms with Crippen LogP contribution in [0.15, 0.2) is 34.1 Å². The van der Waals surface area contributed by atoms with Crippen molar-refractivity contribution in [3.63, 3.8) is 0 Å². The first-order chi connectivity index (χ1) is 14.3. The third kappa shape index (κ3) is 4.58. The molecule has 11 nitrogen and oxygen atoms in total. The molecule has 0 saturated carbocycles. The van der Waals surface area contributed by atoms with Crippen LogP contribution in [-0.2, 0) is 11.3 Å². The second-order valence-corrected chi connectivity index (χ2v) is 6.95. The zero-order valence-electron chi connectivity index (χ0n) is 16.6. The number of rotatable bonds is 6. The van der Waals surface area contributed by atoms with Gasteiger partial charge in [-0.05, 0) is 26.0 Å². The summed E-state index contributed by atoms with van der Waals surface area (Å²) < 4.78 is 12.1. The molecule has 0 unspecified atom stereocenters. The summed E-state index contributed by atoms with van der Waals surface area (Å²) in [5, 5.41) is 23.6. The van der Waals surface area contributed by atoms with Gasteiger partial charge in [0.15, 0.2) is 0 Å². The van der Waals surface area contributed by atoms with E-state index >= 15 is 0 Å². The maximum atomic E-state index is 12.6. The van der Waals surface area contributed by atoms with E-state index in [1.54, 1.807) is 19.9 Å². The van der Waals surface area contributed by atoms with Gasteiger partial charge in [0, 0.05) is 18.0 Å². The third-order valence-corrected chi connectivity index (χ3v) is 4.81. The van der Waals surface area contributed by atoms with Crippen LogP contribution in [0.25, 0.3) is 0 Å². The number of H-pyrrole nitrogens is 1. The topological polar surface area (TPSA) is 156 Å². The molecule has 1 saturated heterocycles. The van der Waals surface area contributed by atoms with E-state index in [1.165, 1.54) is 23.0 Å². The van der Waals surface area contributed by atoms with Gasteiger partial charge in [-0.2, -0.15) is 0 Å². The highest BCUT2D eigenvalue weighted by Gasteiger charge is 2.39. The Labute approximate surface area is 171 Å². The molecule has 3 heterocycles. The minimum atomic E-state index is -1.37. The van der Waals surface area contributed by atoms with E-state index in [4.69, 9.17) is 9.47 Å². The fourth-order valence-electron chi connectivity index (χ4n) is 3.18. The first kappa shape index (κ1) is 21.7. The summed E-state index contributed by atoms with van der Waals surface area (Å²) in [6.45, 7) is 3.47. The van der Waals surface area contributed by atoms with Crippen LogP contribution in [0, 0.1) is 6.92 Å². The lowest BCUT2D eigenvalue weighted by atomic mass is 9.97. The molecule has 11 heteroatoms. The Morgan fingerprint density at radius 1 is 1.40 bits per heavy atom. The minimum Gasteiger partial charge on any atom is -0.477 e. The van der Waals surface area contributed by atoms with Crippen molar-refractivity contribution in [1.82, 2.24) is 19.9 Å². The number of hydrogen-bond donors (Lipinski definition) is 4. The highest BCUT2D eigenvalue weighted by Crippen LogP contribution is 2.19. The lowest BCUT2D eigenvalue weighted by molar-refractivity contribution is -0.152. The van der Waals surface area contributed by atoms with E-state index in [2.05, 4.69) is 15.3 Å². The van der Waals surface area contributed by atoms with E-state index < -0.39 is 41.5 Å². The van der Waals surface area contributed by atoms with Crippen molar-refractivity contribution < 1.29 is 24.5 Å². The summed E-state index contributed by atoms with van der Waals surface area (Å²) in [5.41, 5.74) is -0.622. The number of nitrogens with one attached hydrogen (secondary N) is 2. The van der Waals surface area contributed by atoms with Crippen molar-refractivity contribution in [3.8, 4) is 5.88 Å². The van der Waals surface area contributed by atoms with Crippen molar-refractivity contribution in [2.24, 2.45) is 0 Å². The number of aliphatic hydroxyl groups is 2. The Kier molecular flexibility index (Phi) is 6.65. The van der Waals surface area contributed by atoms with Gasteiger partial charge in [-0.1, -0.05) is 0 Å². The van der Waals surface area contributed by atoms with Crippen LogP contribution < -0.4 is 21.3 Å². The third-order valence-electron chi connectivity index (χ3n) is 4.81.